The second-order valence-corrected chi connectivity index (χ2v) is 8.16. The van der Waals surface area contributed by atoms with Crippen molar-refractivity contribution in [3.63, 3.8) is 0 Å². The fraction of sp³-hybridized carbons (Fsp3) is 0.895. The molecule has 2 aliphatic rings. The number of hydrogen-bond acceptors (Lipinski definition) is 4. The van der Waals surface area contributed by atoms with Crippen LogP contribution in [-0.2, 0) is 9.59 Å². The zero-order chi connectivity index (χ0) is 20.7. The van der Waals surface area contributed by atoms with Gasteiger partial charge in [-0.15, -0.1) is 0 Å². The Morgan fingerprint density at radius 3 is 2.29 bits per heavy atom. The highest BCUT2D eigenvalue weighted by Gasteiger charge is 2.34. The van der Waals surface area contributed by atoms with E-state index in [1.54, 1.807) is 6.92 Å². The fourth-order valence-electron chi connectivity index (χ4n) is 4.00. The number of aliphatic hydroxyl groups is 1. The lowest BCUT2D eigenvalue weighted by Gasteiger charge is -2.32. The minimum atomic E-state index is -4.24. The quantitative estimate of drug-likeness (QED) is 0.601. The van der Waals surface area contributed by atoms with Crippen molar-refractivity contribution in [1.29, 1.82) is 0 Å². The lowest BCUT2D eigenvalue weighted by atomic mass is 9.89. The van der Waals surface area contributed by atoms with Gasteiger partial charge in [0, 0.05) is 12.5 Å². The maximum atomic E-state index is 12.4. The smallest absolute Gasteiger partial charge is 0.381 e. The molecule has 0 radical (unpaired) electrons. The van der Waals surface area contributed by atoms with Crippen LogP contribution in [0.3, 0.4) is 0 Å². The van der Waals surface area contributed by atoms with Gasteiger partial charge in [-0.1, -0.05) is 19.3 Å². The summed E-state index contributed by atoms with van der Waals surface area (Å²) in [5.41, 5.74) is 0. The number of likely N-dealkylation sites (tertiary alicyclic amines) is 1. The summed E-state index contributed by atoms with van der Waals surface area (Å²) in [5, 5.41) is 15.6. The average Bonchev–Trinajstić information content (AvgIpc) is 2.65. The van der Waals surface area contributed by atoms with E-state index in [4.69, 9.17) is 0 Å². The first-order valence-electron chi connectivity index (χ1n) is 10.2. The Morgan fingerprint density at radius 2 is 1.71 bits per heavy atom. The van der Waals surface area contributed by atoms with Gasteiger partial charge in [0.1, 0.15) is 0 Å². The van der Waals surface area contributed by atoms with Crippen molar-refractivity contribution in [3.05, 3.63) is 0 Å². The Labute approximate surface area is 164 Å². The number of halogens is 3. The van der Waals surface area contributed by atoms with Crippen molar-refractivity contribution in [1.82, 2.24) is 15.5 Å². The number of nitrogens with one attached hydrogen (secondary N) is 2. The molecule has 1 saturated heterocycles. The van der Waals surface area contributed by atoms with Crippen LogP contribution in [0.4, 0.5) is 13.2 Å². The van der Waals surface area contributed by atoms with Gasteiger partial charge in [0.25, 0.3) is 5.91 Å². The number of carbonyl (C=O) groups excluding carboxylic acids is 2. The van der Waals surface area contributed by atoms with E-state index in [0.717, 1.165) is 25.7 Å². The molecule has 0 spiro atoms. The van der Waals surface area contributed by atoms with Crippen LogP contribution in [0.2, 0.25) is 0 Å². The van der Waals surface area contributed by atoms with E-state index in [-0.39, 0.29) is 19.0 Å². The molecule has 28 heavy (non-hydrogen) atoms. The van der Waals surface area contributed by atoms with Crippen molar-refractivity contribution in [3.8, 4) is 0 Å². The monoisotopic (exact) mass is 407 g/mol. The molecule has 0 aromatic heterocycles. The van der Waals surface area contributed by atoms with Crippen LogP contribution in [0.5, 0.6) is 0 Å². The molecule has 1 saturated carbocycles. The third-order valence-corrected chi connectivity index (χ3v) is 5.76. The van der Waals surface area contributed by atoms with Crippen LogP contribution in [0, 0.1) is 11.8 Å². The molecule has 162 valence electrons. The molecule has 6 nitrogen and oxygen atoms in total. The van der Waals surface area contributed by atoms with Crippen LogP contribution < -0.4 is 10.6 Å². The Kier molecular flexibility index (Phi) is 8.55. The molecular formula is C19H32F3N3O3. The lowest BCUT2D eigenvalue weighted by Crippen LogP contribution is -2.52. The molecule has 1 aliphatic carbocycles. The maximum Gasteiger partial charge on any atom is 0.401 e. The molecule has 2 unspecified atom stereocenters. The van der Waals surface area contributed by atoms with E-state index in [9.17, 15) is 27.9 Å². The summed E-state index contributed by atoms with van der Waals surface area (Å²) in [6.45, 7) is 1.54. The van der Waals surface area contributed by atoms with Crippen LogP contribution in [-0.4, -0.2) is 66.3 Å². The van der Waals surface area contributed by atoms with Gasteiger partial charge in [0.2, 0.25) is 5.91 Å². The van der Waals surface area contributed by atoms with Gasteiger partial charge in [0.05, 0.1) is 12.6 Å². The molecule has 9 heteroatoms. The van der Waals surface area contributed by atoms with Gasteiger partial charge in [-0.3, -0.25) is 14.5 Å². The number of hydrogen-bond donors (Lipinski definition) is 3. The number of rotatable bonds is 7. The summed E-state index contributed by atoms with van der Waals surface area (Å²) in [6, 6.07) is -0.757. The zero-order valence-electron chi connectivity index (χ0n) is 16.4. The second kappa shape index (κ2) is 10.4. The van der Waals surface area contributed by atoms with Gasteiger partial charge in [-0.2, -0.15) is 13.2 Å². The summed E-state index contributed by atoms with van der Waals surface area (Å²) in [6.07, 6.45) is 0.791. The zero-order valence-corrected chi connectivity index (χ0v) is 16.4. The molecule has 0 aromatic carbocycles. The third-order valence-electron chi connectivity index (χ3n) is 5.76. The fourth-order valence-corrected chi connectivity index (χ4v) is 4.00. The van der Waals surface area contributed by atoms with Crippen molar-refractivity contribution >= 4 is 11.8 Å². The summed E-state index contributed by atoms with van der Waals surface area (Å²) in [4.78, 5) is 25.8. The predicted octanol–water partition coefficient (Wildman–Crippen LogP) is 1.82. The van der Waals surface area contributed by atoms with E-state index < -0.39 is 36.7 Å². The molecule has 1 heterocycles. The van der Waals surface area contributed by atoms with Gasteiger partial charge in [0.15, 0.2) is 6.10 Å². The molecule has 0 bridgehead atoms. The summed E-state index contributed by atoms with van der Waals surface area (Å²) >= 11 is 0. The van der Waals surface area contributed by atoms with Gasteiger partial charge >= 0.3 is 6.18 Å². The second-order valence-electron chi connectivity index (χ2n) is 8.16. The Balaban J connectivity index is 1.70. The highest BCUT2D eigenvalue weighted by molar-refractivity contribution is 5.83. The third kappa shape index (κ3) is 7.58. The minimum absolute atomic E-state index is 0.205. The Bertz CT molecular complexity index is 516. The standard InChI is InChI=1S/C19H32F3N3O3/c1-13(16(26)18(28)23-11-14-5-3-2-4-6-14)24-17(27)15-7-9-25(10-8-15)12-19(20,21)22/h13-16,26H,2-12H2,1H3,(H,23,28)(H,24,27). The Morgan fingerprint density at radius 1 is 1.11 bits per heavy atom. The molecule has 2 fully saturated rings. The SMILES string of the molecule is CC(NC(=O)C1CCN(CC(F)(F)F)CC1)C(O)C(=O)NCC1CCCCC1. The molecular weight excluding hydrogens is 375 g/mol. The van der Waals surface area contributed by atoms with Crippen molar-refractivity contribution in [2.45, 2.75) is 70.2 Å². The van der Waals surface area contributed by atoms with Gasteiger partial charge in [-0.05, 0) is 51.6 Å². The largest absolute Gasteiger partial charge is 0.401 e. The highest BCUT2D eigenvalue weighted by Crippen LogP contribution is 2.23. The van der Waals surface area contributed by atoms with E-state index in [1.807, 2.05) is 0 Å². The topological polar surface area (TPSA) is 81.7 Å². The first-order valence-corrected chi connectivity index (χ1v) is 10.2. The number of alkyl halides is 3. The van der Waals surface area contributed by atoms with Crippen molar-refractivity contribution < 1.29 is 27.9 Å². The molecule has 3 N–H and O–H groups in total. The highest BCUT2D eigenvalue weighted by atomic mass is 19.4. The lowest BCUT2D eigenvalue weighted by molar-refractivity contribution is -0.149. The minimum Gasteiger partial charge on any atom is -0.381 e. The average molecular weight is 407 g/mol. The van der Waals surface area contributed by atoms with E-state index in [0.29, 0.717) is 25.3 Å². The Hall–Kier alpha value is -1.35. The van der Waals surface area contributed by atoms with Crippen LogP contribution in [0.15, 0.2) is 0 Å². The van der Waals surface area contributed by atoms with Gasteiger partial charge in [-0.25, -0.2) is 0 Å². The van der Waals surface area contributed by atoms with E-state index >= 15 is 0 Å². The molecule has 1 aliphatic heterocycles. The van der Waals surface area contributed by atoms with Crippen molar-refractivity contribution in [2.24, 2.45) is 11.8 Å². The first-order chi connectivity index (χ1) is 13.2. The van der Waals surface area contributed by atoms with Crippen molar-refractivity contribution in [2.75, 3.05) is 26.2 Å². The first kappa shape index (κ1) is 22.9. The summed E-state index contributed by atoms with van der Waals surface area (Å²) in [5.74, 6) is -0.780. The molecule has 2 amide bonds. The molecule has 2 rings (SSSR count). The summed E-state index contributed by atoms with van der Waals surface area (Å²) in [7, 11) is 0. The normalized spacial score (nSPS) is 22.5. The number of piperidine rings is 1. The van der Waals surface area contributed by atoms with Crippen LogP contribution >= 0.6 is 0 Å². The van der Waals surface area contributed by atoms with E-state index in [2.05, 4.69) is 10.6 Å². The van der Waals surface area contributed by atoms with Crippen LogP contribution in [0.1, 0.15) is 51.9 Å². The molecule has 2 atom stereocenters. The number of aliphatic hydroxyl groups excluding tert-OH is 1. The molecule has 0 aromatic rings. The van der Waals surface area contributed by atoms with Crippen LogP contribution in [0.25, 0.3) is 0 Å². The maximum absolute atomic E-state index is 12.4. The van der Waals surface area contributed by atoms with Gasteiger partial charge < -0.3 is 15.7 Å². The predicted molar refractivity (Wildman–Crippen MR) is 98.4 cm³/mol. The number of amides is 2. The summed E-state index contributed by atoms with van der Waals surface area (Å²) < 4.78 is 37.3. The number of carbonyl (C=O) groups is 2. The van der Waals surface area contributed by atoms with E-state index in [1.165, 1.54) is 11.3 Å². The number of nitrogens with zero attached hydrogens (tertiary/aromatic N) is 1.